The van der Waals surface area contributed by atoms with Crippen molar-refractivity contribution in [2.24, 2.45) is 0 Å². The van der Waals surface area contributed by atoms with Crippen LogP contribution < -0.4 is 10.6 Å². The average molecular weight is 255 g/mol. The van der Waals surface area contributed by atoms with Gasteiger partial charge in [-0.3, -0.25) is 0 Å². The van der Waals surface area contributed by atoms with Crippen LogP contribution in [0.4, 0.5) is 11.5 Å². The SMILES string of the molecule is CC(C)N(CCC#N)c1ncnc2ccc(N)cc12. The first-order chi connectivity index (χ1) is 9.13. The molecule has 0 saturated carbocycles. The molecule has 0 spiro atoms. The summed E-state index contributed by atoms with van der Waals surface area (Å²) >= 11 is 0. The van der Waals surface area contributed by atoms with E-state index in [0.29, 0.717) is 18.7 Å². The first-order valence-corrected chi connectivity index (χ1v) is 6.27. The Kier molecular flexibility index (Phi) is 3.81. The van der Waals surface area contributed by atoms with Gasteiger partial charge in [-0.05, 0) is 32.0 Å². The van der Waals surface area contributed by atoms with Crippen LogP contribution in [-0.2, 0) is 0 Å². The van der Waals surface area contributed by atoms with Crippen LogP contribution in [0.15, 0.2) is 24.5 Å². The van der Waals surface area contributed by atoms with Gasteiger partial charge in [-0.1, -0.05) is 0 Å². The highest BCUT2D eigenvalue weighted by Crippen LogP contribution is 2.26. The molecular formula is C14H17N5. The van der Waals surface area contributed by atoms with Crippen molar-refractivity contribution in [3.8, 4) is 6.07 Å². The van der Waals surface area contributed by atoms with Gasteiger partial charge in [-0.25, -0.2) is 9.97 Å². The van der Waals surface area contributed by atoms with Crippen molar-refractivity contribution in [2.45, 2.75) is 26.3 Å². The lowest BCUT2D eigenvalue weighted by atomic mass is 10.2. The van der Waals surface area contributed by atoms with Gasteiger partial charge in [0.15, 0.2) is 0 Å². The molecule has 1 aromatic carbocycles. The Bertz CT molecular complexity index is 615. The maximum Gasteiger partial charge on any atom is 0.140 e. The van der Waals surface area contributed by atoms with E-state index in [0.717, 1.165) is 16.7 Å². The third-order valence-electron chi connectivity index (χ3n) is 3.00. The highest BCUT2D eigenvalue weighted by atomic mass is 15.2. The minimum absolute atomic E-state index is 0.257. The van der Waals surface area contributed by atoms with Gasteiger partial charge >= 0.3 is 0 Å². The summed E-state index contributed by atoms with van der Waals surface area (Å²) in [6.45, 7) is 4.81. The lowest BCUT2D eigenvalue weighted by Gasteiger charge is -2.27. The predicted octanol–water partition coefficient (Wildman–Crippen LogP) is 2.34. The summed E-state index contributed by atoms with van der Waals surface area (Å²) in [5.74, 6) is 0.836. The Hall–Kier alpha value is -2.35. The molecule has 1 heterocycles. The van der Waals surface area contributed by atoms with E-state index in [1.807, 2.05) is 18.2 Å². The standard InChI is InChI=1S/C14H17N5/c1-10(2)19(7-3-6-15)14-12-8-11(16)4-5-13(12)17-9-18-14/h4-5,8-10H,3,7,16H2,1-2H3. The van der Waals surface area contributed by atoms with Crippen molar-refractivity contribution >= 4 is 22.4 Å². The molecule has 2 rings (SSSR count). The van der Waals surface area contributed by atoms with Crippen LogP contribution in [0.5, 0.6) is 0 Å². The van der Waals surface area contributed by atoms with Gasteiger partial charge in [0.25, 0.3) is 0 Å². The van der Waals surface area contributed by atoms with Gasteiger partial charge in [0.1, 0.15) is 12.1 Å². The molecule has 5 nitrogen and oxygen atoms in total. The lowest BCUT2D eigenvalue weighted by Crippen LogP contribution is -2.32. The first-order valence-electron chi connectivity index (χ1n) is 6.27. The molecular weight excluding hydrogens is 238 g/mol. The van der Waals surface area contributed by atoms with Crippen molar-refractivity contribution in [3.63, 3.8) is 0 Å². The Balaban J connectivity index is 2.52. The highest BCUT2D eigenvalue weighted by molar-refractivity contribution is 5.91. The molecule has 0 aliphatic heterocycles. The van der Waals surface area contributed by atoms with Crippen LogP contribution in [0.25, 0.3) is 10.9 Å². The first kappa shape index (κ1) is 13.1. The number of hydrogen-bond donors (Lipinski definition) is 1. The second-order valence-corrected chi connectivity index (χ2v) is 4.67. The third-order valence-corrected chi connectivity index (χ3v) is 3.00. The number of nitriles is 1. The van der Waals surface area contributed by atoms with E-state index >= 15 is 0 Å². The summed E-state index contributed by atoms with van der Waals surface area (Å²) in [7, 11) is 0. The maximum atomic E-state index is 8.77. The van der Waals surface area contributed by atoms with E-state index in [-0.39, 0.29) is 6.04 Å². The van der Waals surface area contributed by atoms with Gasteiger partial charge in [0.2, 0.25) is 0 Å². The molecule has 0 radical (unpaired) electrons. The third kappa shape index (κ3) is 2.74. The predicted molar refractivity (Wildman–Crippen MR) is 76.7 cm³/mol. The van der Waals surface area contributed by atoms with E-state index in [9.17, 15) is 0 Å². The van der Waals surface area contributed by atoms with Crippen LogP contribution in [0.1, 0.15) is 20.3 Å². The fourth-order valence-electron chi connectivity index (χ4n) is 2.07. The molecule has 0 saturated heterocycles. The van der Waals surface area contributed by atoms with Gasteiger partial charge in [-0.15, -0.1) is 0 Å². The summed E-state index contributed by atoms with van der Waals surface area (Å²) < 4.78 is 0. The number of rotatable bonds is 4. The number of benzene rings is 1. The summed E-state index contributed by atoms with van der Waals surface area (Å²) in [5.41, 5.74) is 7.39. The largest absolute Gasteiger partial charge is 0.399 e. The molecule has 0 unspecified atom stereocenters. The molecule has 0 bridgehead atoms. The molecule has 1 aromatic heterocycles. The van der Waals surface area contributed by atoms with Gasteiger partial charge < -0.3 is 10.6 Å². The zero-order valence-corrected chi connectivity index (χ0v) is 11.2. The Morgan fingerprint density at radius 3 is 2.84 bits per heavy atom. The van der Waals surface area contributed by atoms with Crippen molar-refractivity contribution < 1.29 is 0 Å². The molecule has 0 fully saturated rings. The van der Waals surface area contributed by atoms with E-state index in [2.05, 4.69) is 34.8 Å². The molecule has 5 heteroatoms. The fourth-order valence-corrected chi connectivity index (χ4v) is 2.07. The molecule has 0 aliphatic rings. The van der Waals surface area contributed by atoms with Gasteiger partial charge in [-0.2, -0.15) is 5.26 Å². The molecule has 98 valence electrons. The second-order valence-electron chi connectivity index (χ2n) is 4.67. The van der Waals surface area contributed by atoms with Crippen LogP contribution >= 0.6 is 0 Å². The fraction of sp³-hybridized carbons (Fsp3) is 0.357. The Labute approximate surface area is 112 Å². The van der Waals surface area contributed by atoms with Crippen LogP contribution in [0.3, 0.4) is 0 Å². The van der Waals surface area contributed by atoms with E-state index in [1.165, 1.54) is 0 Å². The zero-order valence-electron chi connectivity index (χ0n) is 11.2. The summed E-state index contributed by atoms with van der Waals surface area (Å²) in [5, 5.41) is 9.70. The van der Waals surface area contributed by atoms with Crippen LogP contribution in [0, 0.1) is 11.3 Å². The van der Waals surface area contributed by atoms with Crippen molar-refractivity contribution in [2.75, 3.05) is 17.2 Å². The van der Waals surface area contributed by atoms with Gasteiger partial charge in [0, 0.05) is 23.7 Å². The topological polar surface area (TPSA) is 78.8 Å². The monoisotopic (exact) mass is 255 g/mol. The number of aromatic nitrogens is 2. The summed E-state index contributed by atoms with van der Waals surface area (Å²) in [6, 6.07) is 8.03. The second kappa shape index (κ2) is 5.53. The molecule has 19 heavy (non-hydrogen) atoms. The Morgan fingerprint density at radius 1 is 1.37 bits per heavy atom. The normalized spacial score (nSPS) is 10.6. The zero-order chi connectivity index (χ0) is 13.8. The summed E-state index contributed by atoms with van der Waals surface area (Å²) in [6.07, 6.45) is 2.02. The molecule has 2 aromatic rings. The van der Waals surface area contributed by atoms with Crippen LogP contribution in [-0.4, -0.2) is 22.6 Å². The van der Waals surface area contributed by atoms with Crippen molar-refractivity contribution in [3.05, 3.63) is 24.5 Å². The van der Waals surface area contributed by atoms with Crippen molar-refractivity contribution in [1.82, 2.24) is 9.97 Å². The number of nitrogens with two attached hydrogens (primary N) is 1. The number of hydrogen-bond acceptors (Lipinski definition) is 5. The number of nitrogen functional groups attached to an aromatic ring is 1. The number of fused-ring (bicyclic) bond motifs is 1. The maximum absolute atomic E-state index is 8.77. The van der Waals surface area contributed by atoms with Crippen molar-refractivity contribution in [1.29, 1.82) is 5.26 Å². The minimum atomic E-state index is 0.257. The number of nitrogens with zero attached hydrogens (tertiary/aromatic N) is 4. The smallest absolute Gasteiger partial charge is 0.140 e. The van der Waals surface area contributed by atoms with E-state index in [4.69, 9.17) is 11.0 Å². The molecule has 2 N–H and O–H groups in total. The van der Waals surface area contributed by atoms with E-state index < -0.39 is 0 Å². The number of anilines is 2. The minimum Gasteiger partial charge on any atom is -0.399 e. The highest BCUT2D eigenvalue weighted by Gasteiger charge is 2.15. The summed E-state index contributed by atoms with van der Waals surface area (Å²) in [4.78, 5) is 10.7. The average Bonchev–Trinajstić information content (AvgIpc) is 2.39. The molecule has 0 amide bonds. The molecule has 0 aliphatic carbocycles. The van der Waals surface area contributed by atoms with E-state index in [1.54, 1.807) is 6.33 Å². The van der Waals surface area contributed by atoms with Crippen LogP contribution in [0.2, 0.25) is 0 Å². The van der Waals surface area contributed by atoms with Gasteiger partial charge in [0.05, 0.1) is 18.0 Å². The lowest BCUT2D eigenvalue weighted by molar-refractivity contribution is 0.679. The quantitative estimate of drug-likeness (QED) is 0.848. The Morgan fingerprint density at radius 2 is 2.16 bits per heavy atom. The molecule has 0 atom stereocenters.